The van der Waals surface area contributed by atoms with Gasteiger partial charge in [-0.2, -0.15) is 0 Å². The molecule has 4 amide bonds. The van der Waals surface area contributed by atoms with Crippen LogP contribution in [0.25, 0.3) is 6.08 Å². The van der Waals surface area contributed by atoms with E-state index in [9.17, 15) is 24.5 Å². The number of halogens is 1. The minimum absolute atomic E-state index is 0.0203. The van der Waals surface area contributed by atoms with E-state index in [1.165, 1.54) is 24.3 Å². The summed E-state index contributed by atoms with van der Waals surface area (Å²) in [5.41, 5.74) is 2.21. The van der Waals surface area contributed by atoms with Crippen LogP contribution < -0.4 is 15.0 Å². The van der Waals surface area contributed by atoms with E-state index < -0.39 is 22.8 Å². The van der Waals surface area contributed by atoms with E-state index in [0.29, 0.717) is 22.6 Å². The molecule has 0 unspecified atom stereocenters. The molecule has 0 radical (unpaired) electrons. The number of amides is 4. The molecule has 0 saturated carbocycles. The van der Waals surface area contributed by atoms with Crippen LogP contribution in [-0.2, 0) is 16.2 Å². The second-order valence-electron chi connectivity index (χ2n) is 7.70. The van der Waals surface area contributed by atoms with Crippen LogP contribution in [0.2, 0.25) is 5.02 Å². The SMILES string of the molecule is Cc1ccc(N2C(=O)NC(=O)/C(=C\c3ccc(OCc4ccc([N+](=O)[O-])cc4)c(Cl)c3)C2=O)cc1. The lowest BCUT2D eigenvalue weighted by Crippen LogP contribution is -2.54. The van der Waals surface area contributed by atoms with E-state index >= 15 is 0 Å². The first kappa shape index (κ1) is 23.7. The highest BCUT2D eigenvalue weighted by molar-refractivity contribution is 6.39. The summed E-state index contributed by atoms with van der Waals surface area (Å²) in [4.78, 5) is 48.9. The Morgan fingerprint density at radius 3 is 2.34 bits per heavy atom. The molecular formula is C25H18ClN3O6. The van der Waals surface area contributed by atoms with Crippen molar-refractivity contribution < 1.29 is 24.0 Å². The standard InChI is InChI=1S/C25H18ClN3O6/c1-15-2-7-18(8-3-15)28-24(31)20(23(30)27-25(28)32)12-17-6-11-22(21(26)13-17)35-14-16-4-9-19(10-5-16)29(33)34/h2-13H,14H2,1H3,(H,27,30,32)/b20-12+. The predicted octanol–water partition coefficient (Wildman–Crippen LogP) is 4.80. The zero-order valence-electron chi connectivity index (χ0n) is 18.4. The molecule has 3 aromatic rings. The van der Waals surface area contributed by atoms with E-state index in [0.717, 1.165) is 10.5 Å². The number of hydrogen-bond donors (Lipinski definition) is 1. The van der Waals surface area contributed by atoms with Gasteiger partial charge in [0.1, 0.15) is 17.9 Å². The first-order chi connectivity index (χ1) is 16.7. The van der Waals surface area contributed by atoms with Crippen molar-refractivity contribution in [1.29, 1.82) is 0 Å². The molecule has 0 aromatic heterocycles. The number of non-ortho nitro benzene ring substituents is 1. The number of carbonyl (C=O) groups excluding carboxylic acids is 3. The van der Waals surface area contributed by atoms with E-state index in [1.54, 1.807) is 48.5 Å². The normalized spacial score (nSPS) is 14.7. The monoisotopic (exact) mass is 491 g/mol. The van der Waals surface area contributed by atoms with E-state index in [1.807, 2.05) is 6.92 Å². The van der Waals surface area contributed by atoms with Crippen LogP contribution in [0.15, 0.2) is 72.3 Å². The summed E-state index contributed by atoms with van der Waals surface area (Å²) in [5, 5.41) is 13.2. The van der Waals surface area contributed by atoms with Crippen LogP contribution >= 0.6 is 11.6 Å². The molecule has 1 N–H and O–H groups in total. The third-order valence-corrected chi connectivity index (χ3v) is 5.50. The van der Waals surface area contributed by atoms with Crippen molar-refractivity contribution in [2.24, 2.45) is 0 Å². The van der Waals surface area contributed by atoms with Crippen molar-refractivity contribution in [1.82, 2.24) is 5.32 Å². The molecule has 4 rings (SSSR count). The number of aryl methyl sites for hydroxylation is 1. The number of nitrogens with zero attached hydrogens (tertiary/aromatic N) is 2. The molecule has 0 bridgehead atoms. The van der Waals surface area contributed by atoms with Crippen molar-refractivity contribution in [2.75, 3.05) is 4.90 Å². The summed E-state index contributed by atoms with van der Waals surface area (Å²) < 4.78 is 5.69. The lowest BCUT2D eigenvalue weighted by Gasteiger charge is -2.26. The van der Waals surface area contributed by atoms with Crippen molar-refractivity contribution >= 4 is 46.9 Å². The predicted molar refractivity (Wildman–Crippen MR) is 129 cm³/mol. The van der Waals surface area contributed by atoms with Crippen LogP contribution in [0.3, 0.4) is 0 Å². The third-order valence-electron chi connectivity index (χ3n) is 5.20. The average Bonchev–Trinajstić information content (AvgIpc) is 2.82. The number of benzene rings is 3. The maximum absolute atomic E-state index is 13.0. The van der Waals surface area contributed by atoms with Crippen molar-refractivity contribution in [2.45, 2.75) is 13.5 Å². The molecule has 9 nitrogen and oxygen atoms in total. The fourth-order valence-electron chi connectivity index (χ4n) is 3.35. The van der Waals surface area contributed by atoms with Crippen LogP contribution in [0.1, 0.15) is 16.7 Å². The molecule has 1 aliphatic heterocycles. The van der Waals surface area contributed by atoms with E-state index in [4.69, 9.17) is 16.3 Å². The van der Waals surface area contributed by atoms with Crippen LogP contribution in [0.5, 0.6) is 5.75 Å². The van der Waals surface area contributed by atoms with Crippen molar-refractivity contribution in [3.63, 3.8) is 0 Å². The Bertz CT molecular complexity index is 1370. The number of carbonyl (C=O) groups is 3. The van der Waals surface area contributed by atoms with Gasteiger partial charge in [-0.25, -0.2) is 9.69 Å². The minimum atomic E-state index is -0.825. The molecule has 3 aromatic carbocycles. The summed E-state index contributed by atoms with van der Waals surface area (Å²) in [6, 6.07) is 16.6. The van der Waals surface area contributed by atoms with Gasteiger partial charge in [-0.1, -0.05) is 35.4 Å². The smallest absolute Gasteiger partial charge is 0.335 e. The molecule has 1 heterocycles. The second-order valence-corrected chi connectivity index (χ2v) is 8.10. The van der Waals surface area contributed by atoms with Crippen LogP contribution in [0.4, 0.5) is 16.2 Å². The second kappa shape index (κ2) is 9.78. The minimum Gasteiger partial charge on any atom is -0.487 e. The summed E-state index contributed by atoms with van der Waals surface area (Å²) in [7, 11) is 0. The Hall–Kier alpha value is -4.50. The van der Waals surface area contributed by atoms with Gasteiger partial charge in [-0.3, -0.25) is 25.0 Å². The highest BCUT2D eigenvalue weighted by atomic mass is 35.5. The summed E-state index contributed by atoms with van der Waals surface area (Å²) in [5.74, 6) is -1.21. The number of barbiturate groups is 1. The van der Waals surface area contributed by atoms with Gasteiger partial charge in [0.15, 0.2) is 0 Å². The van der Waals surface area contributed by atoms with Crippen molar-refractivity contribution in [3.05, 3.63) is 104 Å². The first-order valence-corrected chi connectivity index (χ1v) is 10.7. The summed E-state index contributed by atoms with van der Waals surface area (Å²) in [6.07, 6.45) is 1.34. The Kier molecular flexibility index (Phi) is 6.61. The quantitative estimate of drug-likeness (QED) is 0.229. The van der Waals surface area contributed by atoms with Gasteiger partial charge in [0, 0.05) is 12.1 Å². The Labute approximate surface area is 204 Å². The molecule has 10 heteroatoms. The van der Waals surface area contributed by atoms with Gasteiger partial charge in [0.25, 0.3) is 17.5 Å². The molecular weight excluding hydrogens is 474 g/mol. The van der Waals surface area contributed by atoms with Crippen molar-refractivity contribution in [3.8, 4) is 5.75 Å². The Balaban J connectivity index is 1.52. The number of urea groups is 1. The summed E-state index contributed by atoms with van der Waals surface area (Å²) in [6.45, 7) is 2.01. The Morgan fingerprint density at radius 1 is 1.03 bits per heavy atom. The number of rotatable bonds is 6. The fraction of sp³-hybridized carbons (Fsp3) is 0.0800. The zero-order chi connectivity index (χ0) is 25.1. The maximum atomic E-state index is 13.0. The number of nitrogens with one attached hydrogen (secondary N) is 1. The fourth-order valence-corrected chi connectivity index (χ4v) is 3.59. The van der Waals surface area contributed by atoms with E-state index in [-0.39, 0.29) is 22.9 Å². The van der Waals surface area contributed by atoms with Gasteiger partial charge < -0.3 is 4.74 Å². The average molecular weight is 492 g/mol. The highest BCUT2D eigenvalue weighted by Crippen LogP contribution is 2.29. The number of imide groups is 2. The molecule has 1 fully saturated rings. The Morgan fingerprint density at radius 2 is 1.71 bits per heavy atom. The van der Waals surface area contributed by atoms with Gasteiger partial charge in [-0.15, -0.1) is 0 Å². The molecule has 1 aliphatic rings. The molecule has 176 valence electrons. The number of anilines is 1. The number of nitro groups is 1. The lowest BCUT2D eigenvalue weighted by atomic mass is 10.1. The molecule has 0 aliphatic carbocycles. The topological polar surface area (TPSA) is 119 Å². The van der Waals surface area contributed by atoms with Gasteiger partial charge in [0.05, 0.1) is 15.6 Å². The molecule has 0 spiro atoms. The number of nitro benzene ring substituents is 1. The summed E-state index contributed by atoms with van der Waals surface area (Å²) >= 11 is 6.32. The first-order valence-electron chi connectivity index (χ1n) is 10.4. The van der Waals surface area contributed by atoms with Gasteiger partial charge >= 0.3 is 6.03 Å². The lowest BCUT2D eigenvalue weighted by molar-refractivity contribution is -0.384. The number of hydrogen-bond acceptors (Lipinski definition) is 6. The molecule has 1 saturated heterocycles. The zero-order valence-corrected chi connectivity index (χ0v) is 19.1. The highest BCUT2D eigenvalue weighted by Gasteiger charge is 2.36. The molecule has 35 heavy (non-hydrogen) atoms. The largest absolute Gasteiger partial charge is 0.487 e. The van der Waals surface area contributed by atoms with Gasteiger partial charge in [-0.05, 0) is 60.5 Å². The van der Waals surface area contributed by atoms with Gasteiger partial charge in [0.2, 0.25) is 0 Å². The van der Waals surface area contributed by atoms with Crippen LogP contribution in [0, 0.1) is 17.0 Å². The maximum Gasteiger partial charge on any atom is 0.335 e. The number of ether oxygens (including phenoxy) is 1. The molecule has 0 atom stereocenters. The van der Waals surface area contributed by atoms with E-state index in [2.05, 4.69) is 5.32 Å². The van der Waals surface area contributed by atoms with Crippen LogP contribution in [-0.4, -0.2) is 22.8 Å². The third kappa shape index (κ3) is 5.20.